The van der Waals surface area contributed by atoms with E-state index in [2.05, 4.69) is 5.32 Å². The molecule has 3 N–H and O–H groups in total. The van der Waals surface area contributed by atoms with Gasteiger partial charge in [0, 0.05) is 26.1 Å². The van der Waals surface area contributed by atoms with Crippen molar-refractivity contribution in [1.29, 1.82) is 0 Å². The number of nitrogens with one attached hydrogen (secondary N) is 1. The molecule has 1 heterocycles. The largest absolute Gasteiger partial charge is 0.480 e. The summed E-state index contributed by atoms with van der Waals surface area (Å²) >= 11 is 0. The molecule has 1 saturated heterocycles. The van der Waals surface area contributed by atoms with E-state index >= 15 is 0 Å². The lowest BCUT2D eigenvalue weighted by molar-refractivity contribution is -0.141. The van der Waals surface area contributed by atoms with Crippen LogP contribution in [0.3, 0.4) is 0 Å². The predicted octanol–water partition coefficient (Wildman–Crippen LogP) is -1.16. The highest BCUT2D eigenvalue weighted by atomic mass is 16.4. The SMILES string of the molecule is CN(CC(=O)NC1CC1)C(=O)N1C[C@@H](O)C[C@H]1C(=O)O. The molecule has 112 valence electrons. The smallest absolute Gasteiger partial charge is 0.326 e. The minimum Gasteiger partial charge on any atom is -0.480 e. The van der Waals surface area contributed by atoms with Crippen molar-refractivity contribution in [3.05, 3.63) is 0 Å². The van der Waals surface area contributed by atoms with Crippen LogP contribution in [0.25, 0.3) is 0 Å². The first-order valence-corrected chi connectivity index (χ1v) is 6.60. The number of hydrogen-bond acceptors (Lipinski definition) is 4. The molecule has 1 saturated carbocycles. The third-order valence-electron chi connectivity index (χ3n) is 3.46. The summed E-state index contributed by atoms with van der Waals surface area (Å²) in [6, 6.07) is -1.38. The van der Waals surface area contributed by atoms with Gasteiger partial charge in [-0.15, -0.1) is 0 Å². The summed E-state index contributed by atoms with van der Waals surface area (Å²) in [5.74, 6) is -1.40. The highest BCUT2D eigenvalue weighted by molar-refractivity contribution is 5.87. The van der Waals surface area contributed by atoms with E-state index in [1.54, 1.807) is 0 Å². The minimum atomic E-state index is -1.15. The molecular formula is C12H19N3O5. The van der Waals surface area contributed by atoms with Crippen molar-refractivity contribution in [2.45, 2.75) is 37.5 Å². The van der Waals surface area contributed by atoms with Crippen LogP contribution in [0.2, 0.25) is 0 Å². The number of aliphatic hydroxyl groups excluding tert-OH is 1. The number of hydrogen-bond donors (Lipinski definition) is 3. The fraction of sp³-hybridized carbons (Fsp3) is 0.750. The molecule has 0 aromatic rings. The minimum absolute atomic E-state index is 0.0170. The number of carbonyl (C=O) groups excluding carboxylic acids is 2. The molecule has 0 spiro atoms. The fourth-order valence-electron chi connectivity index (χ4n) is 2.26. The lowest BCUT2D eigenvalue weighted by Crippen LogP contribution is -2.49. The van der Waals surface area contributed by atoms with Crippen molar-refractivity contribution in [1.82, 2.24) is 15.1 Å². The third kappa shape index (κ3) is 3.38. The molecular weight excluding hydrogens is 266 g/mol. The molecule has 2 aliphatic rings. The zero-order valence-electron chi connectivity index (χ0n) is 11.3. The summed E-state index contributed by atoms with van der Waals surface area (Å²) in [6.45, 7) is -0.140. The van der Waals surface area contributed by atoms with E-state index in [0.29, 0.717) is 0 Å². The number of amides is 3. The topological polar surface area (TPSA) is 110 Å². The van der Waals surface area contributed by atoms with Gasteiger partial charge in [0.25, 0.3) is 0 Å². The lowest BCUT2D eigenvalue weighted by atomic mass is 10.2. The Kier molecular flexibility index (Phi) is 4.12. The summed E-state index contributed by atoms with van der Waals surface area (Å²) in [4.78, 5) is 37.1. The van der Waals surface area contributed by atoms with Crippen LogP contribution < -0.4 is 5.32 Å². The van der Waals surface area contributed by atoms with Gasteiger partial charge in [-0.05, 0) is 12.8 Å². The van der Waals surface area contributed by atoms with E-state index in [0.717, 1.165) is 17.7 Å². The normalized spacial score (nSPS) is 25.4. The molecule has 0 aromatic carbocycles. The number of rotatable bonds is 4. The van der Waals surface area contributed by atoms with Crippen molar-refractivity contribution in [2.24, 2.45) is 0 Å². The molecule has 0 radical (unpaired) electrons. The Labute approximate surface area is 116 Å². The van der Waals surface area contributed by atoms with Gasteiger partial charge >= 0.3 is 12.0 Å². The van der Waals surface area contributed by atoms with Gasteiger partial charge in [-0.2, -0.15) is 0 Å². The number of aliphatic hydroxyl groups is 1. The van der Waals surface area contributed by atoms with Gasteiger partial charge in [0.05, 0.1) is 6.10 Å². The Morgan fingerprint density at radius 2 is 2.00 bits per heavy atom. The van der Waals surface area contributed by atoms with Crippen molar-refractivity contribution in [2.75, 3.05) is 20.1 Å². The molecule has 1 aliphatic heterocycles. The monoisotopic (exact) mass is 285 g/mol. The number of carbonyl (C=O) groups is 3. The summed E-state index contributed by atoms with van der Waals surface area (Å²) < 4.78 is 0. The maximum absolute atomic E-state index is 12.1. The van der Waals surface area contributed by atoms with Crippen LogP contribution in [0.1, 0.15) is 19.3 Å². The standard InChI is InChI=1S/C12H19N3O5/c1-14(6-10(17)13-7-2-3-7)12(20)15-5-8(16)4-9(15)11(18)19/h7-9,16H,2-6H2,1H3,(H,13,17)(H,18,19)/t8-,9-/m0/s1. The molecule has 2 rings (SSSR count). The first kappa shape index (κ1) is 14.6. The predicted molar refractivity (Wildman–Crippen MR) is 67.9 cm³/mol. The first-order chi connectivity index (χ1) is 9.38. The molecule has 0 aromatic heterocycles. The Bertz CT molecular complexity index is 423. The maximum atomic E-state index is 12.1. The molecule has 1 aliphatic carbocycles. The molecule has 2 atom stereocenters. The second-order valence-corrected chi connectivity index (χ2v) is 5.38. The highest BCUT2D eigenvalue weighted by Crippen LogP contribution is 2.20. The summed E-state index contributed by atoms with van der Waals surface area (Å²) in [7, 11) is 1.44. The summed E-state index contributed by atoms with van der Waals surface area (Å²) in [5, 5.41) is 21.3. The number of carboxylic acids is 1. The van der Waals surface area contributed by atoms with Gasteiger partial charge in [0.2, 0.25) is 5.91 Å². The third-order valence-corrected chi connectivity index (χ3v) is 3.46. The van der Waals surface area contributed by atoms with Crippen LogP contribution in [-0.4, -0.2) is 76.2 Å². The van der Waals surface area contributed by atoms with E-state index in [1.807, 2.05) is 0 Å². The molecule has 8 heteroatoms. The quantitative estimate of drug-likeness (QED) is 0.603. The number of β-amino-alcohol motifs (C(OH)–C–C–N with tert-alkyl or cyclic N) is 1. The van der Waals surface area contributed by atoms with Gasteiger partial charge in [0.15, 0.2) is 0 Å². The van der Waals surface area contributed by atoms with Crippen molar-refractivity contribution >= 4 is 17.9 Å². The number of carboxylic acid groups (broad SMARTS) is 1. The fourth-order valence-corrected chi connectivity index (χ4v) is 2.26. The van der Waals surface area contributed by atoms with Crippen LogP contribution in [0.4, 0.5) is 4.79 Å². The molecule has 3 amide bonds. The lowest BCUT2D eigenvalue weighted by Gasteiger charge is -2.27. The molecule has 0 bridgehead atoms. The van der Waals surface area contributed by atoms with Gasteiger partial charge < -0.3 is 25.3 Å². The van der Waals surface area contributed by atoms with E-state index in [4.69, 9.17) is 5.11 Å². The zero-order valence-corrected chi connectivity index (χ0v) is 11.3. The van der Waals surface area contributed by atoms with Crippen LogP contribution >= 0.6 is 0 Å². The summed E-state index contributed by atoms with van der Waals surface area (Å²) in [6.07, 6.45) is 1.10. The van der Waals surface area contributed by atoms with Gasteiger partial charge in [0.1, 0.15) is 12.6 Å². The maximum Gasteiger partial charge on any atom is 0.326 e. The second kappa shape index (κ2) is 5.66. The first-order valence-electron chi connectivity index (χ1n) is 6.60. The number of nitrogens with zero attached hydrogens (tertiary/aromatic N) is 2. The van der Waals surface area contributed by atoms with Crippen LogP contribution in [0.5, 0.6) is 0 Å². The molecule has 2 fully saturated rings. The Morgan fingerprint density at radius 1 is 1.35 bits per heavy atom. The van der Waals surface area contributed by atoms with Crippen molar-refractivity contribution in [3.63, 3.8) is 0 Å². The van der Waals surface area contributed by atoms with E-state index in [9.17, 15) is 19.5 Å². The Balaban J connectivity index is 1.91. The molecule has 0 unspecified atom stereocenters. The van der Waals surface area contributed by atoms with E-state index in [1.165, 1.54) is 11.9 Å². The molecule has 20 heavy (non-hydrogen) atoms. The Morgan fingerprint density at radius 3 is 2.55 bits per heavy atom. The number of likely N-dealkylation sites (N-methyl/N-ethyl adjacent to an activating group) is 1. The van der Waals surface area contributed by atoms with Crippen molar-refractivity contribution < 1.29 is 24.6 Å². The average Bonchev–Trinajstić information content (AvgIpc) is 3.07. The van der Waals surface area contributed by atoms with Gasteiger partial charge in [-0.3, -0.25) is 4.79 Å². The zero-order chi connectivity index (χ0) is 14.9. The van der Waals surface area contributed by atoms with Crippen molar-refractivity contribution in [3.8, 4) is 0 Å². The number of urea groups is 1. The van der Waals surface area contributed by atoms with Crippen LogP contribution in [0, 0.1) is 0 Å². The highest BCUT2D eigenvalue weighted by Gasteiger charge is 2.40. The van der Waals surface area contributed by atoms with Crippen LogP contribution in [0.15, 0.2) is 0 Å². The van der Waals surface area contributed by atoms with Crippen LogP contribution in [-0.2, 0) is 9.59 Å². The summed E-state index contributed by atoms with van der Waals surface area (Å²) in [5.41, 5.74) is 0. The van der Waals surface area contributed by atoms with Gasteiger partial charge in [-0.1, -0.05) is 0 Å². The Hall–Kier alpha value is -1.83. The molecule has 8 nitrogen and oxygen atoms in total. The number of likely N-dealkylation sites (tertiary alicyclic amines) is 1. The van der Waals surface area contributed by atoms with E-state index < -0.39 is 24.1 Å². The average molecular weight is 285 g/mol. The second-order valence-electron chi connectivity index (χ2n) is 5.38. The van der Waals surface area contributed by atoms with E-state index in [-0.39, 0.29) is 31.5 Å². The number of aliphatic carboxylic acids is 1. The van der Waals surface area contributed by atoms with Gasteiger partial charge in [-0.25, -0.2) is 9.59 Å².